The molecule has 0 aliphatic heterocycles. The first kappa shape index (κ1) is 7.73. The summed E-state index contributed by atoms with van der Waals surface area (Å²) in [5.41, 5.74) is -2.18. The molecule has 0 aliphatic carbocycles. The van der Waals surface area contributed by atoms with Gasteiger partial charge in [0.25, 0.3) is 0 Å². The Labute approximate surface area is 74.7 Å². The Morgan fingerprint density at radius 3 is 2.08 bits per heavy atom. The number of hydrogen-bond donors (Lipinski definition) is 0. The van der Waals surface area contributed by atoms with E-state index in [1.165, 1.54) is 0 Å². The van der Waals surface area contributed by atoms with E-state index in [9.17, 15) is 9.59 Å². The van der Waals surface area contributed by atoms with Crippen LogP contribution in [-0.2, 0) is 19.1 Å². The Morgan fingerprint density at radius 2 is 2.00 bits per heavy atom. The minimum absolute atomic E-state index is 0.723. The number of ether oxygens (including phenoxy) is 2. The van der Waals surface area contributed by atoms with Crippen molar-refractivity contribution < 1.29 is 21.8 Å². The molecule has 70 valence electrons. The summed E-state index contributed by atoms with van der Waals surface area (Å²) < 4.78 is 23.9. The van der Waals surface area contributed by atoms with Crippen molar-refractivity contribution in [3.05, 3.63) is 0 Å². The van der Waals surface area contributed by atoms with E-state index in [-0.39, 0.29) is 0 Å². The van der Waals surface area contributed by atoms with Crippen molar-refractivity contribution >= 4 is 11.8 Å². The van der Waals surface area contributed by atoms with E-state index in [4.69, 9.17) is 7.48 Å². The Morgan fingerprint density at radius 1 is 1.50 bits per heavy atom. The second-order valence-electron chi connectivity index (χ2n) is 2.18. The summed E-state index contributed by atoms with van der Waals surface area (Å²) in [6.07, 6.45) is -2.14. The third-order valence-corrected chi connectivity index (χ3v) is 1.63. The summed E-state index contributed by atoms with van der Waals surface area (Å²) in [7, 11) is 2.17. The van der Waals surface area contributed by atoms with Crippen molar-refractivity contribution in [1.82, 2.24) is 0 Å². The number of rotatable bonds is 4. The van der Waals surface area contributed by atoms with E-state index in [1.54, 1.807) is 0 Å². The van der Waals surface area contributed by atoms with E-state index in [0.29, 0.717) is 0 Å². The Balaban J connectivity index is 5.44. The van der Waals surface area contributed by atoms with Gasteiger partial charge in [-0.2, -0.15) is 0 Å². The summed E-state index contributed by atoms with van der Waals surface area (Å²) in [4.78, 5) is 22.6. The fourth-order valence-electron chi connectivity index (χ4n) is 0.895. The van der Waals surface area contributed by atoms with Gasteiger partial charge >= 0.3 is 5.97 Å². The lowest BCUT2D eigenvalue weighted by atomic mass is 9.96. The van der Waals surface area contributed by atoms with Gasteiger partial charge < -0.3 is 9.47 Å². The van der Waals surface area contributed by atoms with Crippen LogP contribution in [-0.4, -0.2) is 31.6 Å². The molecule has 0 heterocycles. The van der Waals surface area contributed by atoms with Gasteiger partial charge in [-0.05, 0) is 13.3 Å². The van der Waals surface area contributed by atoms with Crippen molar-refractivity contribution in [3.63, 3.8) is 0 Å². The predicted octanol–water partition coefficient (Wildman–Crippen LogP) is 0.544. The molecular weight excluding hydrogens is 160 g/mol. The smallest absolute Gasteiger partial charge is 0.345 e. The lowest BCUT2D eigenvalue weighted by Gasteiger charge is -2.24. The van der Waals surface area contributed by atoms with Gasteiger partial charge in [0.15, 0.2) is 5.78 Å². The number of Topliss-reactive ketones (excluding diaryl/α,β-unsaturated/α-hetero) is 1. The number of ketones is 1. The van der Waals surface area contributed by atoms with E-state index >= 15 is 0 Å². The van der Waals surface area contributed by atoms with Crippen LogP contribution in [0.2, 0.25) is 0 Å². The zero-order chi connectivity index (χ0) is 11.6. The third-order valence-electron chi connectivity index (χ3n) is 1.63. The highest BCUT2D eigenvalue weighted by atomic mass is 16.6. The lowest BCUT2D eigenvalue weighted by Crippen LogP contribution is -2.47. The average molecular weight is 176 g/mol. The molecule has 0 aromatic heterocycles. The van der Waals surface area contributed by atoms with E-state index in [2.05, 4.69) is 4.74 Å². The highest BCUT2D eigenvalue weighted by molar-refractivity contribution is 6.06. The molecule has 0 aromatic rings. The molecular formula is C8H14O4. The minimum atomic E-state index is -2.18. The van der Waals surface area contributed by atoms with Gasteiger partial charge in [-0.1, -0.05) is 6.92 Å². The summed E-state index contributed by atoms with van der Waals surface area (Å²) in [6.45, 7) is 2.18. The molecule has 0 fully saturated rings. The fourth-order valence-corrected chi connectivity index (χ4v) is 0.895. The minimum Gasteiger partial charge on any atom is -0.467 e. The maximum absolute atomic E-state index is 11.3. The number of esters is 1. The van der Waals surface area contributed by atoms with Gasteiger partial charge in [0.05, 0.1) is 7.11 Å². The second-order valence-corrected chi connectivity index (χ2v) is 2.18. The van der Waals surface area contributed by atoms with Gasteiger partial charge in [-0.25, -0.2) is 4.79 Å². The van der Waals surface area contributed by atoms with Crippen LogP contribution >= 0.6 is 0 Å². The predicted molar refractivity (Wildman–Crippen MR) is 42.7 cm³/mol. The Bertz CT molecular complexity index is 246. The molecule has 0 N–H and O–H groups in total. The highest BCUT2D eigenvalue weighted by Crippen LogP contribution is 2.17. The van der Waals surface area contributed by atoms with Crippen LogP contribution in [0.3, 0.4) is 0 Å². The molecule has 0 spiro atoms. The van der Waals surface area contributed by atoms with E-state index in [1.807, 2.05) is 0 Å². The molecule has 4 heteroatoms. The zero-order valence-corrected chi connectivity index (χ0v) is 7.63. The van der Waals surface area contributed by atoms with Gasteiger partial charge in [-0.3, -0.25) is 4.79 Å². The summed E-state index contributed by atoms with van der Waals surface area (Å²) >= 11 is 0. The summed E-state index contributed by atoms with van der Waals surface area (Å²) in [5, 5.41) is 0. The Kier molecular flexibility index (Phi) is 2.71. The van der Waals surface area contributed by atoms with Crippen LogP contribution in [0.15, 0.2) is 0 Å². The third kappa shape index (κ3) is 1.64. The van der Waals surface area contributed by atoms with Crippen molar-refractivity contribution in [2.75, 3.05) is 14.2 Å². The molecule has 0 aromatic carbocycles. The van der Waals surface area contributed by atoms with E-state index in [0.717, 1.165) is 28.1 Å². The summed E-state index contributed by atoms with van der Waals surface area (Å²) in [6, 6.07) is 0. The van der Waals surface area contributed by atoms with Crippen molar-refractivity contribution in [2.45, 2.75) is 25.8 Å². The molecule has 0 amide bonds. The van der Waals surface area contributed by atoms with Gasteiger partial charge in [0, 0.05) is 9.85 Å². The highest BCUT2D eigenvalue weighted by Gasteiger charge is 2.43. The van der Waals surface area contributed by atoms with Gasteiger partial charge in [0.2, 0.25) is 5.60 Å². The number of carbonyl (C=O) groups excluding carboxylic acids is 2. The fraction of sp³-hybridized carbons (Fsp3) is 0.750. The van der Waals surface area contributed by atoms with Crippen LogP contribution in [0, 0.1) is 0 Å². The summed E-state index contributed by atoms with van der Waals surface area (Å²) in [5.74, 6) is -1.75. The number of methoxy groups -OCH3 is 2. The molecule has 0 saturated heterocycles. The molecule has 1 atom stereocenters. The molecule has 12 heavy (non-hydrogen) atoms. The van der Waals surface area contributed by atoms with Crippen LogP contribution in [0.1, 0.15) is 23.0 Å². The second kappa shape index (κ2) is 4.21. The quantitative estimate of drug-likeness (QED) is 0.463. The molecule has 0 bridgehead atoms. The largest absolute Gasteiger partial charge is 0.467 e. The molecule has 0 aliphatic rings. The Hall–Kier alpha value is -0.900. The van der Waals surface area contributed by atoms with Crippen LogP contribution in [0.5, 0.6) is 0 Å². The first-order valence-electron chi connectivity index (χ1n) is 4.38. The van der Waals surface area contributed by atoms with E-state index < -0.39 is 23.7 Å². The maximum Gasteiger partial charge on any atom is 0.345 e. The molecule has 0 radical (unpaired) electrons. The zero-order valence-electron chi connectivity index (χ0n) is 9.63. The van der Waals surface area contributed by atoms with Gasteiger partial charge in [-0.15, -0.1) is 0 Å². The standard InChI is InChI=1S/C8H14O4/c1-5-8(12-4,6(2)9)7(10)11-3/h5H2,1-4H3/i5D2. The molecule has 0 rings (SSSR count). The van der Waals surface area contributed by atoms with Crippen molar-refractivity contribution in [3.8, 4) is 0 Å². The SMILES string of the molecule is [2H]C([2H])(C)C(OC)(C(C)=O)C(=O)OC. The topological polar surface area (TPSA) is 52.6 Å². The number of carbonyl (C=O) groups is 2. The first-order valence-corrected chi connectivity index (χ1v) is 3.38. The number of hydrogen-bond acceptors (Lipinski definition) is 4. The first-order chi connectivity index (χ1) is 6.24. The van der Waals surface area contributed by atoms with Gasteiger partial charge in [0.1, 0.15) is 0 Å². The van der Waals surface area contributed by atoms with Crippen LogP contribution < -0.4 is 0 Å². The molecule has 0 saturated carbocycles. The normalized spacial score (nSPS) is 18.7. The molecule has 4 nitrogen and oxygen atoms in total. The monoisotopic (exact) mass is 176 g/mol. The average Bonchev–Trinajstić information content (AvgIpc) is 2.02. The van der Waals surface area contributed by atoms with Crippen molar-refractivity contribution in [1.29, 1.82) is 0 Å². The van der Waals surface area contributed by atoms with Crippen LogP contribution in [0.25, 0.3) is 0 Å². The lowest BCUT2D eigenvalue weighted by molar-refractivity contribution is -0.171. The van der Waals surface area contributed by atoms with Crippen LogP contribution in [0.4, 0.5) is 0 Å². The van der Waals surface area contributed by atoms with Crippen molar-refractivity contribution in [2.24, 2.45) is 0 Å². The maximum atomic E-state index is 11.3. The molecule has 1 unspecified atom stereocenters.